The number of aromatic nitrogens is 1. The first-order valence-corrected chi connectivity index (χ1v) is 7.82. The lowest BCUT2D eigenvalue weighted by Gasteiger charge is -2.12. The Kier molecular flexibility index (Phi) is 8.27. The standard InChI is InChI=1S/C15H24BrNO/c1-2-3-4-5-6-7-8-9-15(18)13-10-11-17-12-14(13)16/h10-12,15,18H,2-9H2,1H3. The van der Waals surface area contributed by atoms with Gasteiger partial charge in [-0.3, -0.25) is 4.98 Å². The smallest absolute Gasteiger partial charge is 0.0802 e. The molecule has 0 bridgehead atoms. The summed E-state index contributed by atoms with van der Waals surface area (Å²) in [5.41, 5.74) is 0.955. The van der Waals surface area contributed by atoms with Crippen molar-refractivity contribution in [3.8, 4) is 0 Å². The third kappa shape index (κ3) is 5.96. The summed E-state index contributed by atoms with van der Waals surface area (Å²) in [6.45, 7) is 2.24. The Balaban J connectivity index is 2.14. The molecule has 0 saturated heterocycles. The van der Waals surface area contributed by atoms with Gasteiger partial charge in [0.2, 0.25) is 0 Å². The van der Waals surface area contributed by atoms with E-state index in [0.717, 1.165) is 22.9 Å². The van der Waals surface area contributed by atoms with Crippen molar-refractivity contribution in [3.05, 3.63) is 28.5 Å². The van der Waals surface area contributed by atoms with Gasteiger partial charge in [0.1, 0.15) is 0 Å². The molecule has 0 amide bonds. The highest BCUT2D eigenvalue weighted by atomic mass is 79.9. The van der Waals surface area contributed by atoms with E-state index in [4.69, 9.17) is 0 Å². The highest BCUT2D eigenvalue weighted by Crippen LogP contribution is 2.26. The second kappa shape index (κ2) is 9.51. The Bertz CT molecular complexity index is 330. The molecule has 0 fully saturated rings. The summed E-state index contributed by atoms with van der Waals surface area (Å²) in [6.07, 6.45) is 12.9. The maximum Gasteiger partial charge on any atom is 0.0802 e. The molecule has 0 aromatic carbocycles. The normalized spacial score (nSPS) is 12.6. The second-order valence-electron chi connectivity index (χ2n) is 4.82. The summed E-state index contributed by atoms with van der Waals surface area (Å²) in [7, 11) is 0. The number of aliphatic hydroxyl groups is 1. The first-order chi connectivity index (χ1) is 8.75. The lowest BCUT2D eigenvalue weighted by molar-refractivity contribution is 0.162. The first-order valence-electron chi connectivity index (χ1n) is 7.03. The predicted molar refractivity (Wildman–Crippen MR) is 79.5 cm³/mol. The van der Waals surface area contributed by atoms with Gasteiger partial charge in [-0.2, -0.15) is 0 Å². The van der Waals surface area contributed by atoms with Crippen LogP contribution in [0, 0.1) is 0 Å². The molecule has 0 aliphatic heterocycles. The van der Waals surface area contributed by atoms with Gasteiger partial charge in [0.05, 0.1) is 6.10 Å². The van der Waals surface area contributed by atoms with Crippen molar-refractivity contribution in [2.24, 2.45) is 0 Å². The molecule has 1 atom stereocenters. The van der Waals surface area contributed by atoms with E-state index >= 15 is 0 Å². The molecule has 0 aliphatic carbocycles. The monoisotopic (exact) mass is 313 g/mol. The van der Waals surface area contributed by atoms with Crippen LogP contribution in [0.25, 0.3) is 0 Å². The van der Waals surface area contributed by atoms with Crippen LogP contribution in [0.5, 0.6) is 0 Å². The molecule has 102 valence electrons. The number of aliphatic hydroxyl groups excluding tert-OH is 1. The third-order valence-corrected chi connectivity index (χ3v) is 3.91. The summed E-state index contributed by atoms with van der Waals surface area (Å²) in [5.74, 6) is 0. The third-order valence-electron chi connectivity index (χ3n) is 3.24. The molecule has 1 aromatic heterocycles. The van der Waals surface area contributed by atoms with Crippen LogP contribution in [0.4, 0.5) is 0 Å². The Labute approximate surface area is 119 Å². The van der Waals surface area contributed by atoms with Crippen LogP contribution in [0.2, 0.25) is 0 Å². The molecule has 1 heterocycles. The van der Waals surface area contributed by atoms with Gasteiger partial charge in [-0.1, -0.05) is 51.9 Å². The summed E-state index contributed by atoms with van der Waals surface area (Å²) in [5, 5.41) is 10.1. The molecule has 1 unspecified atom stereocenters. The molecular weight excluding hydrogens is 290 g/mol. The number of pyridine rings is 1. The Morgan fingerprint density at radius 2 is 1.83 bits per heavy atom. The van der Waals surface area contributed by atoms with Crippen LogP contribution in [0.15, 0.2) is 22.9 Å². The summed E-state index contributed by atoms with van der Waals surface area (Å²) in [4.78, 5) is 4.01. The number of halogens is 1. The summed E-state index contributed by atoms with van der Waals surface area (Å²) < 4.78 is 0.903. The fraction of sp³-hybridized carbons (Fsp3) is 0.667. The van der Waals surface area contributed by atoms with E-state index < -0.39 is 0 Å². The van der Waals surface area contributed by atoms with Crippen molar-refractivity contribution in [1.29, 1.82) is 0 Å². The quantitative estimate of drug-likeness (QED) is 0.649. The second-order valence-corrected chi connectivity index (χ2v) is 5.68. The lowest BCUT2D eigenvalue weighted by atomic mass is 10.0. The van der Waals surface area contributed by atoms with Crippen molar-refractivity contribution in [1.82, 2.24) is 4.98 Å². The van der Waals surface area contributed by atoms with Gasteiger partial charge in [0.15, 0.2) is 0 Å². The van der Waals surface area contributed by atoms with E-state index in [1.165, 1.54) is 38.5 Å². The van der Waals surface area contributed by atoms with E-state index in [0.29, 0.717) is 0 Å². The highest BCUT2D eigenvalue weighted by molar-refractivity contribution is 9.10. The zero-order valence-electron chi connectivity index (χ0n) is 11.2. The molecule has 0 saturated carbocycles. The molecule has 1 rings (SSSR count). The molecule has 2 nitrogen and oxygen atoms in total. The van der Waals surface area contributed by atoms with Crippen LogP contribution in [0.3, 0.4) is 0 Å². The van der Waals surface area contributed by atoms with Crippen molar-refractivity contribution < 1.29 is 5.11 Å². The van der Waals surface area contributed by atoms with Gasteiger partial charge in [-0.15, -0.1) is 0 Å². The van der Waals surface area contributed by atoms with E-state index in [1.54, 1.807) is 12.4 Å². The minimum atomic E-state index is -0.363. The van der Waals surface area contributed by atoms with Crippen LogP contribution in [-0.2, 0) is 0 Å². The van der Waals surface area contributed by atoms with Crippen LogP contribution >= 0.6 is 15.9 Å². The molecule has 1 N–H and O–H groups in total. The van der Waals surface area contributed by atoms with Gasteiger partial charge >= 0.3 is 0 Å². The average Bonchev–Trinajstić information content (AvgIpc) is 2.38. The van der Waals surface area contributed by atoms with E-state index in [1.807, 2.05) is 6.07 Å². The zero-order chi connectivity index (χ0) is 13.2. The van der Waals surface area contributed by atoms with Gasteiger partial charge < -0.3 is 5.11 Å². The molecule has 1 aromatic rings. The topological polar surface area (TPSA) is 33.1 Å². The van der Waals surface area contributed by atoms with Crippen LogP contribution < -0.4 is 0 Å². The van der Waals surface area contributed by atoms with Crippen LogP contribution in [0.1, 0.15) is 70.0 Å². The SMILES string of the molecule is CCCCCCCCCC(O)c1ccncc1Br. The molecule has 3 heteroatoms. The molecule has 18 heavy (non-hydrogen) atoms. The fourth-order valence-corrected chi connectivity index (χ4v) is 2.62. The number of hydrogen-bond donors (Lipinski definition) is 1. The van der Waals surface area contributed by atoms with E-state index in [-0.39, 0.29) is 6.10 Å². The number of unbranched alkanes of at least 4 members (excludes halogenated alkanes) is 6. The average molecular weight is 314 g/mol. The maximum absolute atomic E-state index is 10.1. The van der Waals surface area contributed by atoms with E-state index in [9.17, 15) is 5.11 Å². The van der Waals surface area contributed by atoms with Gasteiger partial charge in [-0.05, 0) is 34.0 Å². The van der Waals surface area contributed by atoms with Gasteiger partial charge in [-0.25, -0.2) is 0 Å². The minimum Gasteiger partial charge on any atom is -0.388 e. The number of hydrogen-bond acceptors (Lipinski definition) is 2. The highest BCUT2D eigenvalue weighted by Gasteiger charge is 2.10. The van der Waals surface area contributed by atoms with Crippen molar-refractivity contribution in [3.63, 3.8) is 0 Å². The molecule has 0 aliphatic rings. The van der Waals surface area contributed by atoms with Gasteiger partial charge in [0, 0.05) is 16.9 Å². The van der Waals surface area contributed by atoms with E-state index in [2.05, 4.69) is 27.8 Å². The Hall–Kier alpha value is -0.410. The van der Waals surface area contributed by atoms with Gasteiger partial charge in [0.25, 0.3) is 0 Å². The molecular formula is C15H24BrNO. The molecule has 0 spiro atoms. The number of rotatable bonds is 9. The predicted octanol–water partition coefficient (Wildman–Crippen LogP) is 5.02. The maximum atomic E-state index is 10.1. The van der Waals surface area contributed by atoms with Crippen molar-refractivity contribution >= 4 is 15.9 Å². The summed E-state index contributed by atoms with van der Waals surface area (Å²) >= 11 is 3.43. The Morgan fingerprint density at radius 1 is 1.17 bits per heavy atom. The van der Waals surface area contributed by atoms with Crippen molar-refractivity contribution in [2.75, 3.05) is 0 Å². The van der Waals surface area contributed by atoms with Crippen molar-refractivity contribution in [2.45, 2.75) is 64.4 Å². The largest absolute Gasteiger partial charge is 0.388 e. The fourth-order valence-electron chi connectivity index (χ4n) is 2.11. The molecule has 0 radical (unpaired) electrons. The summed E-state index contributed by atoms with van der Waals surface area (Å²) in [6, 6.07) is 1.88. The number of nitrogens with zero attached hydrogens (tertiary/aromatic N) is 1. The lowest BCUT2D eigenvalue weighted by Crippen LogP contribution is -1.99. The minimum absolute atomic E-state index is 0.363. The first kappa shape index (κ1) is 15.6. The Morgan fingerprint density at radius 3 is 2.50 bits per heavy atom. The van der Waals surface area contributed by atoms with Crippen LogP contribution in [-0.4, -0.2) is 10.1 Å². The zero-order valence-corrected chi connectivity index (χ0v) is 12.8.